The van der Waals surface area contributed by atoms with E-state index in [0.717, 1.165) is 15.6 Å². The number of nitrogens with two attached hydrogens (primary N) is 1. The Kier molecular flexibility index (Phi) is 4.91. The molecule has 1 atom stereocenters. The van der Waals surface area contributed by atoms with E-state index in [1.54, 1.807) is 12.1 Å². The van der Waals surface area contributed by atoms with Crippen LogP contribution in [-0.4, -0.2) is 18.3 Å². The molecular formula is C16H17BrFNO. The van der Waals surface area contributed by atoms with Gasteiger partial charge in [0.05, 0.1) is 6.61 Å². The normalized spacial score (nSPS) is 14.0. The fourth-order valence-electron chi connectivity index (χ4n) is 2.30. The summed E-state index contributed by atoms with van der Waals surface area (Å²) in [6.07, 6.45) is 0.610. The molecule has 4 heteroatoms. The lowest BCUT2D eigenvalue weighted by atomic mass is 9.76. The zero-order valence-electron chi connectivity index (χ0n) is 11.0. The zero-order valence-corrected chi connectivity index (χ0v) is 12.6. The molecule has 0 fully saturated rings. The van der Waals surface area contributed by atoms with Gasteiger partial charge < -0.3 is 10.8 Å². The van der Waals surface area contributed by atoms with Crippen LogP contribution in [-0.2, 0) is 11.8 Å². The third-order valence-corrected chi connectivity index (χ3v) is 4.13. The predicted molar refractivity (Wildman–Crippen MR) is 82.1 cm³/mol. The molecule has 106 valence electrons. The van der Waals surface area contributed by atoms with Gasteiger partial charge in [0.15, 0.2) is 0 Å². The SMILES string of the molecule is NCC(CO)(Cc1ccc(Br)cc1)c1ccc(F)cc1. The van der Waals surface area contributed by atoms with Gasteiger partial charge in [0.25, 0.3) is 0 Å². The van der Waals surface area contributed by atoms with Crippen molar-refractivity contribution in [3.63, 3.8) is 0 Å². The van der Waals surface area contributed by atoms with Crippen molar-refractivity contribution in [2.45, 2.75) is 11.8 Å². The zero-order chi connectivity index (χ0) is 14.6. The summed E-state index contributed by atoms with van der Waals surface area (Å²) in [6.45, 7) is 0.219. The first-order valence-corrected chi connectivity index (χ1v) is 7.20. The minimum Gasteiger partial charge on any atom is -0.395 e. The highest BCUT2D eigenvalue weighted by Crippen LogP contribution is 2.28. The van der Waals surface area contributed by atoms with Crippen molar-refractivity contribution >= 4 is 15.9 Å². The summed E-state index contributed by atoms with van der Waals surface area (Å²) in [5, 5.41) is 9.83. The van der Waals surface area contributed by atoms with Gasteiger partial charge in [-0.1, -0.05) is 40.2 Å². The van der Waals surface area contributed by atoms with Crippen molar-refractivity contribution in [2.75, 3.05) is 13.2 Å². The highest BCUT2D eigenvalue weighted by Gasteiger charge is 2.30. The summed E-state index contributed by atoms with van der Waals surface area (Å²) in [6, 6.07) is 14.1. The molecule has 0 aromatic heterocycles. The van der Waals surface area contributed by atoms with Crippen molar-refractivity contribution in [3.05, 3.63) is 69.9 Å². The molecule has 0 amide bonds. The number of hydrogen-bond acceptors (Lipinski definition) is 2. The molecule has 0 aliphatic rings. The van der Waals surface area contributed by atoms with Gasteiger partial charge in [-0.05, 0) is 41.8 Å². The summed E-state index contributed by atoms with van der Waals surface area (Å²) in [5.74, 6) is -0.291. The van der Waals surface area contributed by atoms with Crippen LogP contribution in [0.4, 0.5) is 4.39 Å². The molecule has 2 nitrogen and oxygen atoms in total. The Morgan fingerprint density at radius 2 is 1.65 bits per heavy atom. The Morgan fingerprint density at radius 3 is 2.15 bits per heavy atom. The minimum atomic E-state index is -0.582. The second kappa shape index (κ2) is 6.48. The van der Waals surface area contributed by atoms with Crippen molar-refractivity contribution in [1.29, 1.82) is 0 Å². The first kappa shape index (κ1) is 15.2. The van der Waals surface area contributed by atoms with Crippen LogP contribution in [0.2, 0.25) is 0 Å². The van der Waals surface area contributed by atoms with Crippen molar-refractivity contribution in [1.82, 2.24) is 0 Å². The quantitative estimate of drug-likeness (QED) is 0.880. The van der Waals surface area contributed by atoms with Crippen LogP contribution in [0.5, 0.6) is 0 Å². The fraction of sp³-hybridized carbons (Fsp3) is 0.250. The Hall–Kier alpha value is -1.23. The number of rotatable bonds is 5. The molecule has 0 saturated heterocycles. The third-order valence-electron chi connectivity index (χ3n) is 3.61. The molecule has 0 spiro atoms. The lowest BCUT2D eigenvalue weighted by molar-refractivity contribution is 0.196. The van der Waals surface area contributed by atoms with Crippen molar-refractivity contribution in [2.24, 2.45) is 5.73 Å². The molecule has 0 radical (unpaired) electrons. The second-order valence-electron chi connectivity index (χ2n) is 4.95. The van der Waals surface area contributed by atoms with E-state index in [1.165, 1.54) is 12.1 Å². The Bertz CT molecular complexity index is 550. The number of aliphatic hydroxyl groups excluding tert-OH is 1. The van der Waals surface area contributed by atoms with Crippen LogP contribution in [0.1, 0.15) is 11.1 Å². The standard InChI is InChI=1S/C16H17BrFNO/c17-14-5-1-12(2-6-14)9-16(10-19,11-20)13-3-7-15(18)8-4-13/h1-8,20H,9-11,19H2. The van der Waals surface area contributed by atoms with Crippen LogP contribution in [0.15, 0.2) is 53.0 Å². The molecule has 0 aliphatic heterocycles. The number of benzene rings is 2. The van der Waals surface area contributed by atoms with Crippen LogP contribution in [0, 0.1) is 5.82 Å². The summed E-state index contributed by atoms with van der Waals surface area (Å²) in [4.78, 5) is 0. The monoisotopic (exact) mass is 337 g/mol. The first-order valence-electron chi connectivity index (χ1n) is 6.41. The van der Waals surface area contributed by atoms with Gasteiger partial charge in [-0.2, -0.15) is 0 Å². The molecule has 0 aliphatic carbocycles. The lowest BCUT2D eigenvalue weighted by Crippen LogP contribution is -2.41. The van der Waals surface area contributed by atoms with Gasteiger partial charge in [0, 0.05) is 16.4 Å². The summed E-state index contributed by atoms with van der Waals surface area (Å²) >= 11 is 3.40. The van der Waals surface area contributed by atoms with Crippen LogP contribution in [0.25, 0.3) is 0 Å². The van der Waals surface area contributed by atoms with E-state index in [4.69, 9.17) is 5.73 Å². The number of aliphatic hydroxyl groups is 1. The van der Waals surface area contributed by atoms with Crippen LogP contribution < -0.4 is 5.73 Å². The smallest absolute Gasteiger partial charge is 0.123 e. The molecule has 2 rings (SSSR count). The molecule has 2 aromatic carbocycles. The van der Waals surface area contributed by atoms with Gasteiger partial charge in [-0.15, -0.1) is 0 Å². The van der Waals surface area contributed by atoms with E-state index in [9.17, 15) is 9.50 Å². The highest BCUT2D eigenvalue weighted by atomic mass is 79.9. The van der Waals surface area contributed by atoms with E-state index in [2.05, 4.69) is 15.9 Å². The predicted octanol–water partition coefficient (Wildman–Crippen LogP) is 3.02. The molecule has 0 saturated carbocycles. The van der Waals surface area contributed by atoms with Crippen molar-refractivity contribution in [3.8, 4) is 0 Å². The van der Waals surface area contributed by atoms with E-state index in [-0.39, 0.29) is 12.4 Å². The fourth-order valence-corrected chi connectivity index (χ4v) is 2.56. The van der Waals surface area contributed by atoms with Crippen LogP contribution >= 0.6 is 15.9 Å². The molecule has 0 bridgehead atoms. The van der Waals surface area contributed by atoms with Crippen LogP contribution in [0.3, 0.4) is 0 Å². The average Bonchev–Trinajstić information content (AvgIpc) is 2.48. The maximum absolute atomic E-state index is 13.1. The summed E-state index contributed by atoms with van der Waals surface area (Å²) < 4.78 is 14.1. The van der Waals surface area contributed by atoms with Gasteiger partial charge in [-0.3, -0.25) is 0 Å². The van der Waals surface area contributed by atoms with Gasteiger partial charge in [0.1, 0.15) is 5.82 Å². The summed E-state index contributed by atoms with van der Waals surface area (Å²) in [7, 11) is 0. The average molecular weight is 338 g/mol. The minimum absolute atomic E-state index is 0.0782. The number of halogens is 2. The van der Waals surface area contributed by atoms with Gasteiger partial charge in [-0.25, -0.2) is 4.39 Å². The van der Waals surface area contributed by atoms with Gasteiger partial charge in [0.2, 0.25) is 0 Å². The molecule has 3 N–H and O–H groups in total. The highest BCUT2D eigenvalue weighted by molar-refractivity contribution is 9.10. The molecule has 0 heterocycles. The summed E-state index contributed by atoms with van der Waals surface area (Å²) in [5.41, 5.74) is 7.26. The maximum atomic E-state index is 13.1. The Labute approximate surface area is 126 Å². The molecule has 20 heavy (non-hydrogen) atoms. The molecule has 2 aromatic rings. The Morgan fingerprint density at radius 1 is 1.05 bits per heavy atom. The van der Waals surface area contributed by atoms with E-state index in [0.29, 0.717) is 13.0 Å². The second-order valence-corrected chi connectivity index (χ2v) is 5.87. The topological polar surface area (TPSA) is 46.2 Å². The molecule has 1 unspecified atom stereocenters. The Balaban J connectivity index is 2.33. The van der Waals surface area contributed by atoms with E-state index >= 15 is 0 Å². The lowest BCUT2D eigenvalue weighted by Gasteiger charge is -2.31. The largest absolute Gasteiger partial charge is 0.395 e. The van der Waals surface area contributed by atoms with Gasteiger partial charge >= 0.3 is 0 Å². The van der Waals surface area contributed by atoms with E-state index in [1.807, 2.05) is 24.3 Å². The maximum Gasteiger partial charge on any atom is 0.123 e. The molecular weight excluding hydrogens is 321 g/mol. The van der Waals surface area contributed by atoms with E-state index < -0.39 is 5.41 Å². The number of hydrogen-bond donors (Lipinski definition) is 2. The first-order chi connectivity index (χ1) is 9.59. The van der Waals surface area contributed by atoms with Crippen molar-refractivity contribution < 1.29 is 9.50 Å². The third kappa shape index (κ3) is 3.26.